The van der Waals surface area contributed by atoms with Crippen LogP contribution in [0.2, 0.25) is 0 Å². The molecule has 4 rings (SSSR count). The number of hydrogen-bond acceptors (Lipinski definition) is 3. The van der Waals surface area contributed by atoms with E-state index in [9.17, 15) is 9.59 Å². The summed E-state index contributed by atoms with van der Waals surface area (Å²) >= 11 is 0. The van der Waals surface area contributed by atoms with Gasteiger partial charge in [-0.05, 0) is 18.1 Å². The van der Waals surface area contributed by atoms with Crippen LogP contribution in [-0.4, -0.2) is 27.4 Å². The van der Waals surface area contributed by atoms with Crippen molar-refractivity contribution < 1.29 is 9.59 Å². The van der Waals surface area contributed by atoms with Crippen molar-refractivity contribution >= 4 is 17.5 Å². The molecule has 0 unspecified atom stereocenters. The van der Waals surface area contributed by atoms with Gasteiger partial charge in [0, 0.05) is 43.5 Å². The van der Waals surface area contributed by atoms with Gasteiger partial charge < -0.3 is 15.2 Å². The highest BCUT2D eigenvalue weighted by Gasteiger charge is 2.32. The monoisotopic (exact) mass is 310 g/mol. The van der Waals surface area contributed by atoms with E-state index >= 15 is 0 Å². The Morgan fingerprint density at radius 2 is 2.26 bits per heavy atom. The van der Waals surface area contributed by atoms with E-state index in [0.717, 1.165) is 36.5 Å². The number of anilines is 1. The number of nitrogens with one attached hydrogen (secondary N) is 2. The van der Waals surface area contributed by atoms with E-state index in [1.54, 1.807) is 6.20 Å². The number of aromatic nitrogens is 2. The number of benzene rings is 1. The van der Waals surface area contributed by atoms with Crippen molar-refractivity contribution in [2.75, 3.05) is 5.32 Å². The van der Waals surface area contributed by atoms with Crippen LogP contribution < -0.4 is 10.6 Å². The molecule has 6 nitrogen and oxygen atoms in total. The molecule has 0 radical (unpaired) electrons. The van der Waals surface area contributed by atoms with Crippen LogP contribution in [0.15, 0.2) is 36.7 Å². The Labute approximate surface area is 133 Å². The highest BCUT2D eigenvalue weighted by molar-refractivity contribution is 6.04. The van der Waals surface area contributed by atoms with E-state index in [0.29, 0.717) is 0 Å². The number of carbonyl (C=O) groups is 2. The summed E-state index contributed by atoms with van der Waals surface area (Å²) in [6.07, 6.45) is 5.67. The third-order valence-electron chi connectivity index (χ3n) is 4.60. The molecule has 0 aliphatic carbocycles. The number of hydrogen-bond donors (Lipinski definition) is 2. The lowest BCUT2D eigenvalue weighted by Gasteiger charge is -2.25. The quantitative estimate of drug-likeness (QED) is 0.900. The average molecular weight is 310 g/mol. The van der Waals surface area contributed by atoms with Crippen LogP contribution in [0.4, 0.5) is 5.69 Å². The van der Waals surface area contributed by atoms with Crippen LogP contribution in [0.25, 0.3) is 0 Å². The van der Waals surface area contributed by atoms with Gasteiger partial charge in [0.15, 0.2) is 0 Å². The lowest BCUT2D eigenvalue weighted by Crippen LogP contribution is -2.41. The molecule has 0 bridgehead atoms. The SMILES string of the molecule is O=C(C[C@@H]1C(=O)Nc2ccccc21)N[C@@H]1CCc2nccn2C1. The molecule has 2 aliphatic rings. The fourth-order valence-electron chi connectivity index (χ4n) is 3.43. The van der Waals surface area contributed by atoms with E-state index < -0.39 is 5.92 Å². The summed E-state index contributed by atoms with van der Waals surface area (Å²) in [4.78, 5) is 28.7. The Kier molecular flexibility index (Phi) is 3.37. The summed E-state index contributed by atoms with van der Waals surface area (Å²) < 4.78 is 2.08. The van der Waals surface area contributed by atoms with Crippen molar-refractivity contribution in [2.24, 2.45) is 0 Å². The second kappa shape index (κ2) is 5.53. The molecule has 0 saturated heterocycles. The number of amides is 2. The molecular weight excluding hydrogens is 292 g/mol. The van der Waals surface area contributed by atoms with Gasteiger partial charge in [-0.2, -0.15) is 0 Å². The molecule has 6 heteroatoms. The minimum absolute atomic E-state index is 0.0737. The summed E-state index contributed by atoms with van der Waals surface area (Å²) in [7, 11) is 0. The molecule has 0 fully saturated rings. The molecule has 2 N–H and O–H groups in total. The van der Waals surface area contributed by atoms with E-state index in [1.807, 2.05) is 30.5 Å². The minimum atomic E-state index is -0.390. The molecule has 2 aliphatic heterocycles. The summed E-state index contributed by atoms with van der Waals surface area (Å²) in [6.45, 7) is 0.745. The van der Waals surface area contributed by atoms with E-state index in [1.165, 1.54) is 0 Å². The smallest absolute Gasteiger partial charge is 0.232 e. The number of imidazole rings is 1. The van der Waals surface area contributed by atoms with Gasteiger partial charge in [0.1, 0.15) is 5.82 Å². The van der Waals surface area contributed by atoms with E-state index in [-0.39, 0.29) is 24.3 Å². The van der Waals surface area contributed by atoms with Crippen LogP contribution in [0.3, 0.4) is 0 Å². The van der Waals surface area contributed by atoms with Crippen molar-refractivity contribution in [2.45, 2.75) is 37.8 Å². The molecule has 2 atom stereocenters. The molecular formula is C17H18N4O2. The Morgan fingerprint density at radius 3 is 3.17 bits per heavy atom. The number of fused-ring (bicyclic) bond motifs is 2. The zero-order chi connectivity index (χ0) is 15.8. The number of nitrogens with zero attached hydrogens (tertiary/aromatic N) is 2. The third kappa shape index (κ3) is 2.60. The number of rotatable bonds is 3. The van der Waals surface area contributed by atoms with Crippen molar-refractivity contribution in [3.05, 3.63) is 48.0 Å². The van der Waals surface area contributed by atoms with Gasteiger partial charge in [0.05, 0.1) is 5.92 Å². The molecule has 3 heterocycles. The lowest BCUT2D eigenvalue weighted by atomic mass is 9.96. The van der Waals surface area contributed by atoms with Gasteiger partial charge in [0.25, 0.3) is 0 Å². The highest BCUT2D eigenvalue weighted by Crippen LogP contribution is 2.34. The van der Waals surface area contributed by atoms with Crippen molar-refractivity contribution in [1.82, 2.24) is 14.9 Å². The van der Waals surface area contributed by atoms with Crippen molar-refractivity contribution in [3.8, 4) is 0 Å². The first-order valence-electron chi connectivity index (χ1n) is 7.90. The van der Waals surface area contributed by atoms with Crippen LogP contribution >= 0.6 is 0 Å². The number of para-hydroxylation sites is 1. The van der Waals surface area contributed by atoms with Gasteiger partial charge >= 0.3 is 0 Å². The Bertz CT molecular complexity index is 767. The molecule has 1 aromatic carbocycles. The van der Waals surface area contributed by atoms with E-state index in [4.69, 9.17) is 0 Å². The molecule has 0 saturated carbocycles. The standard InChI is InChI=1S/C17H18N4O2/c22-16(19-11-5-6-15-18-7-8-21(15)10-11)9-13-12-3-1-2-4-14(12)20-17(13)23/h1-4,7-8,11,13H,5-6,9-10H2,(H,19,22)(H,20,23)/t11-,13+/m1/s1. The third-order valence-corrected chi connectivity index (χ3v) is 4.60. The Balaban J connectivity index is 1.40. The first kappa shape index (κ1) is 14.0. The molecule has 0 spiro atoms. The van der Waals surface area contributed by atoms with Gasteiger partial charge in [-0.25, -0.2) is 4.98 Å². The van der Waals surface area contributed by atoms with Crippen LogP contribution in [0.5, 0.6) is 0 Å². The summed E-state index contributed by atoms with van der Waals surface area (Å²) in [5, 5.41) is 5.89. The summed E-state index contributed by atoms with van der Waals surface area (Å²) in [6, 6.07) is 7.65. The molecule has 118 valence electrons. The zero-order valence-electron chi connectivity index (χ0n) is 12.7. The van der Waals surface area contributed by atoms with Crippen molar-refractivity contribution in [3.63, 3.8) is 0 Å². The Morgan fingerprint density at radius 1 is 1.39 bits per heavy atom. The second-order valence-corrected chi connectivity index (χ2v) is 6.13. The summed E-state index contributed by atoms with van der Waals surface area (Å²) in [5.74, 6) is 0.510. The second-order valence-electron chi connectivity index (χ2n) is 6.13. The van der Waals surface area contributed by atoms with Gasteiger partial charge in [0.2, 0.25) is 11.8 Å². The fourth-order valence-corrected chi connectivity index (χ4v) is 3.43. The predicted molar refractivity (Wildman–Crippen MR) is 84.9 cm³/mol. The number of carbonyl (C=O) groups excluding carboxylic acids is 2. The maximum absolute atomic E-state index is 12.4. The average Bonchev–Trinajstić information content (AvgIpc) is 3.12. The maximum atomic E-state index is 12.4. The van der Waals surface area contributed by atoms with Crippen molar-refractivity contribution in [1.29, 1.82) is 0 Å². The largest absolute Gasteiger partial charge is 0.352 e. The van der Waals surface area contributed by atoms with Gasteiger partial charge in [-0.3, -0.25) is 9.59 Å². The molecule has 2 amide bonds. The normalized spacial score (nSPS) is 22.2. The van der Waals surface area contributed by atoms with Crippen LogP contribution in [-0.2, 0) is 22.6 Å². The lowest BCUT2D eigenvalue weighted by molar-refractivity contribution is -0.125. The first-order chi connectivity index (χ1) is 11.2. The molecule has 23 heavy (non-hydrogen) atoms. The molecule has 2 aromatic rings. The fraction of sp³-hybridized carbons (Fsp3) is 0.353. The van der Waals surface area contributed by atoms with Gasteiger partial charge in [-0.15, -0.1) is 0 Å². The Hall–Kier alpha value is -2.63. The highest BCUT2D eigenvalue weighted by atomic mass is 16.2. The zero-order valence-corrected chi connectivity index (χ0v) is 12.7. The summed E-state index contributed by atoms with van der Waals surface area (Å²) in [5.41, 5.74) is 1.73. The van der Waals surface area contributed by atoms with Gasteiger partial charge in [-0.1, -0.05) is 18.2 Å². The maximum Gasteiger partial charge on any atom is 0.232 e. The first-order valence-corrected chi connectivity index (χ1v) is 7.90. The molecule has 1 aromatic heterocycles. The van der Waals surface area contributed by atoms with Crippen LogP contribution in [0, 0.1) is 0 Å². The van der Waals surface area contributed by atoms with E-state index in [2.05, 4.69) is 20.2 Å². The number of aryl methyl sites for hydroxylation is 1. The predicted octanol–water partition coefficient (Wildman–Crippen LogP) is 1.44. The minimum Gasteiger partial charge on any atom is -0.352 e. The van der Waals surface area contributed by atoms with Crippen LogP contribution in [0.1, 0.15) is 30.1 Å². The topological polar surface area (TPSA) is 76.0 Å².